The average molecular weight is 428 g/mol. The number of ether oxygens (including phenoxy) is 1. The Bertz CT molecular complexity index is 1050. The molecule has 0 unspecified atom stereocenters. The smallest absolute Gasteiger partial charge is 0.253 e. The first-order chi connectivity index (χ1) is 15.0. The van der Waals surface area contributed by atoms with Crippen LogP contribution in [0.25, 0.3) is 5.69 Å². The van der Waals surface area contributed by atoms with Gasteiger partial charge in [0.15, 0.2) is 17.5 Å². The summed E-state index contributed by atoms with van der Waals surface area (Å²) in [6, 6.07) is 10.7. The number of piperazine rings is 1. The van der Waals surface area contributed by atoms with Gasteiger partial charge >= 0.3 is 0 Å². The van der Waals surface area contributed by atoms with Crippen LogP contribution in [0.15, 0.2) is 42.5 Å². The number of aromatic nitrogens is 4. The number of halogens is 2. The van der Waals surface area contributed by atoms with E-state index in [0.29, 0.717) is 56.4 Å². The van der Waals surface area contributed by atoms with Crippen molar-refractivity contribution in [3.05, 3.63) is 65.5 Å². The predicted molar refractivity (Wildman–Crippen MR) is 108 cm³/mol. The van der Waals surface area contributed by atoms with E-state index in [0.717, 1.165) is 17.9 Å². The van der Waals surface area contributed by atoms with Gasteiger partial charge in [0.25, 0.3) is 5.91 Å². The number of tetrazole rings is 1. The number of hydrogen-bond donors (Lipinski definition) is 0. The van der Waals surface area contributed by atoms with E-state index in [1.807, 2.05) is 11.8 Å². The van der Waals surface area contributed by atoms with Crippen LogP contribution in [0.5, 0.6) is 5.75 Å². The van der Waals surface area contributed by atoms with Crippen molar-refractivity contribution >= 4 is 5.91 Å². The Morgan fingerprint density at radius 1 is 1.03 bits per heavy atom. The van der Waals surface area contributed by atoms with E-state index in [2.05, 4.69) is 20.4 Å². The highest BCUT2D eigenvalue weighted by atomic mass is 19.2. The molecule has 1 fully saturated rings. The lowest BCUT2D eigenvalue weighted by atomic mass is 10.1. The average Bonchev–Trinajstić information content (AvgIpc) is 3.24. The number of benzene rings is 2. The fourth-order valence-corrected chi connectivity index (χ4v) is 3.47. The fraction of sp³-hybridized carbons (Fsp3) is 0.333. The topological polar surface area (TPSA) is 76.4 Å². The minimum absolute atomic E-state index is 0.0191. The van der Waals surface area contributed by atoms with Gasteiger partial charge in [0.1, 0.15) is 5.75 Å². The largest absolute Gasteiger partial charge is 0.494 e. The van der Waals surface area contributed by atoms with Crippen molar-refractivity contribution in [3.63, 3.8) is 0 Å². The molecular weight excluding hydrogens is 406 g/mol. The van der Waals surface area contributed by atoms with Gasteiger partial charge in [-0.3, -0.25) is 9.69 Å². The van der Waals surface area contributed by atoms with Crippen LogP contribution in [0.3, 0.4) is 0 Å². The van der Waals surface area contributed by atoms with Crippen molar-refractivity contribution in [3.8, 4) is 11.4 Å². The first-order valence-corrected chi connectivity index (χ1v) is 10.0. The molecule has 0 N–H and O–H groups in total. The van der Waals surface area contributed by atoms with Crippen LogP contribution in [-0.4, -0.2) is 68.7 Å². The molecule has 0 atom stereocenters. The van der Waals surface area contributed by atoms with Crippen LogP contribution in [0.4, 0.5) is 8.78 Å². The van der Waals surface area contributed by atoms with Crippen LogP contribution in [0.1, 0.15) is 23.1 Å². The van der Waals surface area contributed by atoms with Crippen molar-refractivity contribution in [1.82, 2.24) is 30.0 Å². The number of rotatable bonds is 6. The lowest BCUT2D eigenvalue weighted by molar-refractivity contribution is 0.0624. The molecule has 3 aromatic rings. The summed E-state index contributed by atoms with van der Waals surface area (Å²) >= 11 is 0. The summed E-state index contributed by atoms with van der Waals surface area (Å²) in [6.45, 7) is 5.35. The van der Waals surface area contributed by atoms with Gasteiger partial charge in [-0.2, -0.15) is 4.68 Å². The first-order valence-electron chi connectivity index (χ1n) is 10.0. The zero-order valence-electron chi connectivity index (χ0n) is 17.0. The summed E-state index contributed by atoms with van der Waals surface area (Å²) in [5.41, 5.74) is 0.974. The first kappa shape index (κ1) is 20.9. The fourth-order valence-electron chi connectivity index (χ4n) is 3.47. The molecule has 0 spiro atoms. The molecule has 162 valence electrons. The SMILES string of the molecule is CCOc1ccc(C(=O)N2CCN(Cc3nnnn3-c3ccc(F)c(F)c3)CC2)cc1. The van der Waals surface area contributed by atoms with Crippen LogP contribution in [0.2, 0.25) is 0 Å². The van der Waals surface area contributed by atoms with E-state index in [-0.39, 0.29) is 5.91 Å². The van der Waals surface area contributed by atoms with E-state index >= 15 is 0 Å². The summed E-state index contributed by atoms with van der Waals surface area (Å²) in [5.74, 6) is -0.652. The molecule has 1 aromatic heterocycles. The van der Waals surface area contributed by atoms with Gasteiger partial charge < -0.3 is 9.64 Å². The lowest BCUT2D eigenvalue weighted by Crippen LogP contribution is -2.48. The maximum atomic E-state index is 13.6. The maximum absolute atomic E-state index is 13.6. The minimum Gasteiger partial charge on any atom is -0.494 e. The quantitative estimate of drug-likeness (QED) is 0.600. The van der Waals surface area contributed by atoms with E-state index in [1.165, 1.54) is 10.7 Å². The Hall–Kier alpha value is -3.40. The zero-order chi connectivity index (χ0) is 21.8. The Kier molecular flexibility index (Phi) is 6.17. The van der Waals surface area contributed by atoms with Crippen molar-refractivity contribution in [2.75, 3.05) is 32.8 Å². The van der Waals surface area contributed by atoms with Crippen LogP contribution in [0, 0.1) is 11.6 Å². The highest BCUT2D eigenvalue weighted by Gasteiger charge is 2.24. The Morgan fingerprint density at radius 2 is 1.77 bits per heavy atom. The summed E-state index contributed by atoms with van der Waals surface area (Å²) in [7, 11) is 0. The molecule has 2 heterocycles. The molecule has 1 aliphatic heterocycles. The summed E-state index contributed by atoms with van der Waals surface area (Å²) in [5, 5.41) is 11.6. The molecule has 8 nitrogen and oxygen atoms in total. The van der Waals surface area contributed by atoms with Crippen molar-refractivity contribution < 1.29 is 18.3 Å². The third kappa shape index (κ3) is 4.69. The van der Waals surface area contributed by atoms with E-state index in [4.69, 9.17) is 4.74 Å². The van der Waals surface area contributed by atoms with Crippen LogP contribution >= 0.6 is 0 Å². The molecule has 10 heteroatoms. The van der Waals surface area contributed by atoms with Crippen LogP contribution < -0.4 is 4.74 Å². The van der Waals surface area contributed by atoms with Gasteiger partial charge in [-0.25, -0.2) is 8.78 Å². The number of nitrogens with zero attached hydrogens (tertiary/aromatic N) is 6. The second-order valence-corrected chi connectivity index (χ2v) is 7.13. The molecule has 2 aromatic carbocycles. The Morgan fingerprint density at radius 3 is 2.45 bits per heavy atom. The van der Waals surface area contributed by atoms with Crippen molar-refractivity contribution in [2.24, 2.45) is 0 Å². The number of carbonyl (C=O) groups excluding carboxylic acids is 1. The molecule has 0 radical (unpaired) electrons. The number of carbonyl (C=O) groups is 1. The van der Waals surface area contributed by atoms with Crippen molar-refractivity contribution in [1.29, 1.82) is 0 Å². The summed E-state index contributed by atoms with van der Waals surface area (Å²) in [6.07, 6.45) is 0. The molecule has 1 saturated heterocycles. The Balaban J connectivity index is 1.36. The molecule has 31 heavy (non-hydrogen) atoms. The lowest BCUT2D eigenvalue weighted by Gasteiger charge is -2.34. The third-order valence-corrected chi connectivity index (χ3v) is 5.12. The summed E-state index contributed by atoms with van der Waals surface area (Å²) in [4.78, 5) is 16.7. The molecule has 0 bridgehead atoms. The highest BCUT2D eigenvalue weighted by Crippen LogP contribution is 2.17. The maximum Gasteiger partial charge on any atom is 0.253 e. The van der Waals surface area contributed by atoms with Gasteiger partial charge in [0.2, 0.25) is 0 Å². The minimum atomic E-state index is -0.958. The number of hydrogen-bond acceptors (Lipinski definition) is 6. The van der Waals surface area contributed by atoms with E-state index in [9.17, 15) is 13.6 Å². The van der Waals surface area contributed by atoms with Gasteiger partial charge in [-0.15, -0.1) is 5.10 Å². The van der Waals surface area contributed by atoms with E-state index in [1.54, 1.807) is 24.3 Å². The van der Waals surface area contributed by atoms with Crippen LogP contribution in [-0.2, 0) is 6.54 Å². The summed E-state index contributed by atoms with van der Waals surface area (Å²) < 4.78 is 33.6. The predicted octanol–water partition coefficient (Wildman–Crippen LogP) is 2.30. The standard InChI is InChI=1S/C21H22F2N6O2/c1-2-31-17-6-3-15(4-7-17)21(30)28-11-9-27(10-12-28)14-20-24-25-26-29(20)16-5-8-18(22)19(23)13-16/h3-8,13H,2,9-12,14H2,1H3. The van der Waals surface area contributed by atoms with Gasteiger partial charge in [0, 0.05) is 37.8 Å². The van der Waals surface area contributed by atoms with Gasteiger partial charge in [0.05, 0.1) is 18.8 Å². The third-order valence-electron chi connectivity index (χ3n) is 5.12. The second-order valence-electron chi connectivity index (χ2n) is 7.13. The van der Waals surface area contributed by atoms with Gasteiger partial charge in [-0.05, 0) is 53.7 Å². The molecule has 0 aliphatic carbocycles. The molecular formula is C21H22F2N6O2. The molecule has 4 rings (SSSR count). The zero-order valence-corrected chi connectivity index (χ0v) is 17.0. The van der Waals surface area contributed by atoms with Crippen molar-refractivity contribution in [2.45, 2.75) is 13.5 Å². The molecule has 1 aliphatic rings. The second kappa shape index (κ2) is 9.17. The van der Waals surface area contributed by atoms with Gasteiger partial charge in [-0.1, -0.05) is 0 Å². The molecule has 1 amide bonds. The van der Waals surface area contributed by atoms with E-state index < -0.39 is 11.6 Å². The normalized spacial score (nSPS) is 14.6. The monoisotopic (exact) mass is 428 g/mol. The number of amides is 1. The highest BCUT2D eigenvalue weighted by molar-refractivity contribution is 5.94. The molecule has 0 saturated carbocycles. The Labute approximate surface area is 178 Å².